The Balaban J connectivity index is 1.58. The quantitative estimate of drug-likeness (QED) is 0.905. The van der Waals surface area contributed by atoms with Gasteiger partial charge in [-0.05, 0) is 30.4 Å². The van der Waals surface area contributed by atoms with Crippen LogP contribution < -0.4 is 15.4 Å². The van der Waals surface area contributed by atoms with Crippen molar-refractivity contribution < 1.29 is 14.3 Å². The van der Waals surface area contributed by atoms with Gasteiger partial charge in [-0.2, -0.15) is 11.3 Å². The van der Waals surface area contributed by atoms with Crippen LogP contribution in [0.5, 0.6) is 5.75 Å². The maximum atomic E-state index is 12.1. The Bertz CT molecular complexity index is 685. The SMILES string of the molecule is O=C(CNC(=O)c1ccsc1)N[C@H]1CCCOc2ccccc21. The minimum Gasteiger partial charge on any atom is -0.493 e. The van der Waals surface area contributed by atoms with Crippen LogP contribution in [0.1, 0.15) is 34.8 Å². The molecule has 2 aromatic rings. The van der Waals surface area contributed by atoms with Crippen LogP contribution in [-0.2, 0) is 4.79 Å². The number of fused-ring (bicyclic) bond motifs is 1. The lowest BCUT2D eigenvalue weighted by Gasteiger charge is -2.18. The lowest BCUT2D eigenvalue weighted by molar-refractivity contribution is -0.120. The van der Waals surface area contributed by atoms with Gasteiger partial charge in [-0.15, -0.1) is 0 Å². The highest BCUT2D eigenvalue weighted by Gasteiger charge is 2.21. The van der Waals surface area contributed by atoms with E-state index in [1.165, 1.54) is 11.3 Å². The van der Waals surface area contributed by atoms with Crippen LogP contribution in [0, 0.1) is 0 Å². The van der Waals surface area contributed by atoms with Crippen LogP contribution in [-0.4, -0.2) is 25.0 Å². The molecule has 0 unspecified atom stereocenters. The summed E-state index contributed by atoms with van der Waals surface area (Å²) in [6, 6.07) is 9.39. The minimum absolute atomic E-state index is 0.0335. The minimum atomic E-state index is -0.231. The molecule has 2 N–H and O–H groups in total. The van der Waals surface area contributed by atoms with Crippen LogP contribution >= 0.6 is 11.3 Å². The van der Waals surface area contributed by atoms with Crippen LogP contribution in [0.15, 0.2) is 41.1 Å². The Hall–Kier alpha value is -2.34. The number of carbonyl (C=O) groups is 2. The van der Waals surface area contributed by atoms with Crippen LogP contribution in [0.25, 0.3) is 0 Å². The number of amides is 2. The number of ether oxygens (including phenoxy) is 1. The van der Waals surface area contributed by atoms with Gasteiger partial charge in [0.15, 0.2) is 0 Å². The second-order valence-corrected chi connectivity index (χ2v) is 6.12. The lowest BCUT2D eigenvalue weighted by Crippen LogP contribution is -2.38. The molecule has 1 aromatic heterocycles. The maximum absolute atomic E-state index is 12.1. The van der Waals surface area contributed by atoms with Crippen molar-refractivity contribution in [3.05, 3.63) is 52.2 Å². The first kappa shape index (κ1) is 15.6. The Morgan fingerprint density at radius 1 is 1.26 bits per heavy atom. The molecule has 5 nitrogen and oxygen atoms in total. The third kappa shape index (κ3) is 3.90. The molecule has 1 atom stereocenters. The van der Waals surface area contributed by atoms with Gasteiger partial charge in [0.2, 0.25) is 5.91 Å². The molecule has 0 aliphatic carbocycles. The zero-order valence-electron chi connectivity index (χ0n) is 12.6. The number of hydrogen-bond acceptors (Lipinski definition) is 4. The normalized spacial score (nSPS) is 16.6. The van der Waals surface area contributed by atoms with Crippen molar-refractivity contribution in [3.63, 3.8) is 0 Å². The van der Waals surface area contributed by atoms with E-state index in [1.54, 1.807) is 11.4 Å². The molecule has 0 spiro atoms. The molecular weight excluding hydrogens is 312 g/mol. The summed E-state index contributed by atoms with van der Waals surface area (Å²) < 4.78 is 5.69. The number of benzene rings is 1. The van der Waals surface area contributed by atoms with Gasteiger partial charge in [0, 0.05) is 16.5 Å². The first-order chi connectivity index (χ1) is 11.2. The van der Waals surface area contributed by atoms with E-state index in [1.807, 2.05) is 29.6 Å². The molecule has 2 amide bonds. The second kappa shape index (κ2) is 7.28. The van der Waals surface area contributed by atoms with Crippen LogP contribution in [0.2, 0.25) is 0 Å². The summed E-state index contributed by atoms with van der Waals surface area (Å²) in [5, 5.41) is 9.21. The van der Waals surface area contributed by atoms with Gasteiger partial charge >= 0.3 is 0 Å². The number of rotatable bonds is 4. The fourth-order valence-corrected chi connectivity index (χ4v) is 3.21. The van der Waals surface area contributed by atoms with Crippen LogP contribution in [0.3, 0.4) is 0 Å². The molecule has 120 valence electrons. The Kier molecular flexibility index (Phi) is 4.92. The zero-order chi connectivity index (χ0) is 16.1. The van der Waals surface area contributed by atoms with Gasteiger partial charge in [0.1, 0.15) is 5.75 Å². The van der Waals surface area contributed by atoms with Gasteiger partial charge in [-0.25, -0.2) is 0 Å². The molecule has 0 fully saturated rings. The van der Waals surface area contributed by atoms with E-state index in [2.05, 4.69) is 10.6 Å². The van der Waals surface area contributed by atoms with Crippen molar-refractivity contribution in [3.8, 4) is 5.75 Å². The molecule has 2 heterocycles. The topological polar surface area (TPSA) is 67.4 Å². The van der Waals surface area contributed by atoms with Crippen molar-refractivity contribution in [1.29, 1.82) is 0 Å². The van der Waals surface area contributed by atoms with E-state index in [9.17, 15) is 9.59 Å². The lowest BCUT2D eigenvalue weighted by atomic mass is 10.0. The molecule has 0 bridgehead atoms. The molecule has 6 heteroatoms. The summed E-state index contributed by atoms with van der Waals surface area (Å²) in [4.78, 5) is 24.0. The predicted octanol–water partition coefficient (Wildman–Crippen LogP) is 2.51. The standard InChI is InChI=1S/C17H18N2O3S/c20-16(10-18-17(21)12-7-9-23-11-12)19-14-5-3-8-22-15-6-2-1-4-13(14)15/h1-2,4,6-7,9,11,14H,3,5,8,10H2,(H,18,21)(H,19,20)/t14-/m0/s1. The maximum Gasteiger partial charge on any atom is 0.252 e. The van der Waals surface area contributed by atoms with Crippen molar-refractivity contribution >= 4 is 23.2 Å². The van der Waals surface area contributed by atoms with Gasteiger partial charge in [0.05, 0.1) is 19.2 Å². The van der Waals surface area contributed by atoms with Crippen LogP contribution in [0.4, 0.5) is 0 Å². The molecule has 3 rings (SSSR count). The van der Waals surface area contributed by atoms with Crippen molar-refractivity contribution in [2.45, 2.75) is 18.9 Å². The number of carbonyl (C=O) groups excluding carboxylic acids is 2. The van der Waals surface area contributed by atoms with E-state index in [0.29, 0.717) is 12.2 Å². The van der Waals surface area contributed by atoms with Gasteiger partial charge < -0.3 is 15.4 Å². The molecule has 1 aliphatic rings. The van der Waals surface area contributed by atoms with Gasteiger partial charge in [-0.3, -0.25) is 9.59 Å². The highest BCUT2D eigenvalue weighted by molar-refractivity contribution is 7.08. The largest absolute Gasteiger partial charge is 0.493 e. The molecule has 23 heavy (non-hydrogen) atoms. The third-order valence-electron chi connectivity index (χ3n) is 3.72. The van der Waals surface area contributed by atoms with Crippen molar-refractivity contribution in [2.75, 3.05) is 13.2 Å². The van der Waals surface area contributed by atoms with E-state index >= 15 is 0 Å². The average Bonchev–Trinajstić information content (AvgIpc) is 3.03. The summed E-state index contributed by atoms with van der Waals surface area (Å²) in [5.41, 5.74) is 1.57. The fraction of sp³-hybridized carbons (Fsp3) is 0.294. The molecule has 1 aliphatic heterocycles. The summed E-state index contributed by atoms with van der Waals surface area (Å²) in [6.45, 7) is 0.618. The summed E-state index contributed by atoms with van der Waals surface area (Å²) in [5.74, 6) is 0.388. The monoisotopic (exact) mass is 330 g/mol. The molecule has 1 aromatic carbocycles. The first-order valence-corrected chi connectivity index (χ1v) is 8.50. The number of thiophene rings is 1. The highest BCUT2D eigenvalue weighted by Crippen LogP contribution is 2.30. The molecular formula is C17H18N2O3S. The number of para-hydroxylation sites is 1. The van der Waals surface area contributed by atoms with Gasteiger partial charge in [-0.1, -0.05) is 18.2 Å². The van der Waals surface area contributed by atoms with E-state index in [-0.39, 0.29) is 24.4 Å². The Morgan fingerprint density at radius 2 is 2.13 bits per heavy atom. The average molecular weight is 330 g/mol. The molecule has 0 saturated heterocycles. The second-order valence-electron chi connectivity index (χ2n) is 5.34. The fourth-order valence-electron chi connectivity index (χ4n) is 2.58. The summed E-state index contributed by atoms with van der Waals surface area (Å²) in [6.07, 6.45) is 1.70. The van der Waals surface area contributed by atoms with Crippen molar-refractivity contribution in [2.24, 2.45) is 0 Å². The Labute approximate surface area is 138 Å². The Morgan fingerprint density at radius 3 is 2.96 bits per heavy atom. The van der Waals surface area contributed by atoms with Gasteiger partial charge in [0.25, 0.3) is 5.91 Å². The third-order valence-corrected chi connectivity index (χ3v) is 4.40. The molecule has 0 saturated carbocycles. The zero-order valence-corrected chi connectivity index (χ0v) is 13.4. The number of nitrogens with one attached hydrogen (secondary N) is 2. The summed E-state index contributed by atoms with van der Waals surface area (Å²) in [7, 11) is 0. The van der Waals surface area contributed by atoms with Crippen molar-refractivity contribution in [1.82, 2.24) is 10.6 Å². The van der Waals surface area contributed by atoms with E-state index < -0.39 is 0 Å². The smallest absolute Gasteiger partial charge is 0.252 e. The molecule has 0 radical (unpaired) electrons. The van der Waals surface area contributed by atoms with E-state index in [4.69, 9.17) is 4.74 Å². The van der Waals surface area contributed by atoms with E-state index in [0.717, 1.165) is 24.2 Å². The first-order valence-electron chi connectivity index (χ1n) is 7.55. The summed E-state index contributed by atoms with van der Waals surface area (Å²) >= 11 is 1.45. The highest BCUT2D eigenvalue weighted by atomic mass is 32.1. The predicted molar refractivity (Wildman–Crippen MR) is 88.7 cm³/mol. The number of hydrogen-bond donors (Lipinski definition) is 2.